The molecule has 51 heavy (non-hydrogen) atoms. The zero-order valence-electron chi connectivity index (χ0n) is 27.3. The molecule has 0 unspecified atom stereocenters. The molecule has 236 valence electrons. The predicted octanol–water partition coefficient (Wildman–Crippen LogP) is 12.4. The van der Waals surface area contributed by atoms with Gasteiger partial charge in [0.1, 0.15) is 11.2 Å². The molecular weight excluding hydrogens is 623 g/mol. The van der Waals surface area contributed by atoms with E-state index in [1.54, 1.807) is 0 Å². The first-order valence-corrected chi connectivity index (χ1v) is 17.2. The molecular formula is C47H27N3O. The lowest BCUT2D eigenvalue weighted by Gasteiger charge is -2.11. The van der Waals surface area contributed by atoms with Crippen LogP contribution in [0.4, 0.5) is 0 Å². The molecule has 10 aromatic rings. The first-order chi connectivity index (χ1) is 25.2. The van der Waals surface area contributed by atoms with Crippen LogP contribution in [0.3, 0.4) is 0 Å². The van der Waals surface area contributed by atoms with Crippen LogP contribution in [-0.4, -0.2) is 15.0 Å². The summed E-state index contributed by atoms with van der Waals surface area (Å²) in [6.45, 7) is 0. The van der Waals surface area contributed by atoms with Gasteiger partial charge in [-0.3, -0.25) is 0 Å². The van der Waals surface area contributed by atoms with Gasteiger partial charge in [-0.05, 0) is 85.3 Å². The third kappa shape index (κ3) is 4.37. The molecule has 0 saturated heterocycles. The van der Waals surface area contributed by atoms with Gasteiger partial charge in [0.25, 0.3) is 0 Å². The number of nitrogens with zero attached hydrogens (tertiary/aromatic N) is 3. The summed E-state index contributed by atoms with van der Waals surface area (Å²) in [6, 6.07) is 57.4. The predicted molar refractivity (Wildman–Crippen MR) is 208 cm³/mol. The van der Waals surface area contributed by atoms with Crippen LogP contribution in [0.15, 0.2) is 168 Å². The Kier molecular flexibility index (Phi) is 5.92. The molecule has 0 spiro atoms. The lowest BCUT2D eigenvalue weighted by atomic mass is 10.0. The van der Waals surface area contributed by atoms with Crippen LogP contribution < -0.4 is 0 Å². The maximum absolute atomic E-state index is 6.49. The standard InChI is InChI=1S/C47H27N3O/c1-2-9-28(10-3-1)32-21-24-38-42(27-32)51-41-18-8-17-39(44(38)41)47-49-45(33-20-19-29-11-4-5-12-31(29)25-33)48-46(50-47)34-22-23-35-36-15-6-13-30-14-7-16-37(43(30)36)40(35)26-34/h1-27H. The number of hydrogen-bond acceptors (Lipinski definition) is 4. The van der Waals surface area contributed by atoms with Crippen molar-refractivity contribution in [3.63, 3.8) is 0 Å². The van der Waals surface area contributed by atoms with Gasteiger partial charge in [0, 0.05) is 27.5 Å². The molecule has 8 aromatic carbocycles. The quantitative estimate of drug-likeness (QED) is 0.190. The maximum atomic E-state index is 6.49. The zero-order chi connectivity index (χ0) is 33.5. The number of rotatable bonds is 4. The van der Waals surface area contributed by atoms with Crippen molar-refractivity contribution in [2.24, 2.45) is 0 Å². The van der Waals surface area contributed by atoms with Crippen LogP contribution in [0.25, 0.3) is 111 Å². The molecule has 1 aliphatic rings. The van der Waals surface area contributed by atoms with Crippen molar-refractivity contribution in [3.8, 4) is 67.5 Å². The third-order valence-corrected chi connectivity index (χ3v) is 10.3. The zero-order valence-corrected chi connectivity index (χ0v) is 27.3. The van der Waals surface area contributed by atoms with Gasteiger partial charge < -0.3 is 4.42 Å². The lowest BCUT2D eigenvalue weighted by molar-refractivity contribution is 0.669. The molecule has 0 N–H and O–H groups in total. The van der Waals surface area contributed by atoms with E-state index in [0.717, 1.165) is 55.1 Å². The summed E-state index contributed by atoms with van der Waals surface area (Å²) < 4.78 is 6.49. The van der Waals surface area contributed by atoms with E-state index in [0.29, 0.717) is 17.5 Å². The minimum Gasteiger partial charge on any atom is -0.456 e. The Balaban J connectivity index is 1.13. The van der Waals surface area contributed by atoms with Gasteiger partial charge in [-0.1, -0.05) is 133 Å². The molecule has 0 atom stereocenters. The smallest absolute Gasteiger partial charge is 0.164 e. The van der Waals surface area contributed by atoms with E-state index in [9.17, 15) is 0 Å². The number of furan rings is 1. The number of hydrogen-bond donors (Lipinski definition) is 0. The monoisotopic (exact) mass is 649 g/mol. The molecule has 11 rings (SSSR count). The topological polar surface area (TPSA) is 51.8 Å². The van der Waals surface area contributed by atoms with E-state index in [-0.39, 0.29) is 0 Å². The Morgan fingerprint density at radius 1 is 0.314 bits per heavy atom. The molecule has 4 heteroatoms. The van der Waals surface area contributed by atoms with Crippen LogP contribution in [0.5, 0.6) is 0 Å². The maximum Gasteiger partial charge on any atom is 0.164 e. The van der Waals surface area contributed by atoms with Gasteiger partial charge in [-0.15, -0.1) is 0 Å². The summed E-state index contributed by atoms with van der Waals surface area (Å²) in [4.78, 5) is 15.6. The summed E-state index contributed by atoms with van der Waals surface area (Å²) in [5.41, 5.74) is 11.6. The van der Waals surface area contributed by atoms with Crippen LogP contribution in [0.2, 0.25) is 0 Å². The van der Waals surface area contributed by atoms with Gasteiger partial charge in [0.2, 0.25) is 0 Å². The number of aromatic nitrogens is 3. The van der Waals surface area contributed by atoms with Gasteiger partial charge in [0.05, 0.1) is 0 Å². The molecule has 0 aliphatic heterocycles. The van der Waals surface area contributed by atoms with Crippen molar-refractivity contribution in [3.05, 3.63) is 164 Å². The lowest BCUT2D eigenvalue weighted by Crippen LogP contribution is -2.00. The molecule has 2 aromatic heterocycles. The van der Waals surface area contributed by atoms with Crippen LogP contribution in [0.1, 0.15) is 0 Å². The van der Waals surface area contributed by atoms with Crippen molar-refractivity contribution >= 4 is 43.5 Å². The average molecular weight is 650 g/mol. The van der Waals surface area contributed by atoms with Gasteiger partial charge in [-0.2, -0.15) is 0 Å². The van der Waals surface area contributed by atoms with E-state index in [1.807, 2.05) is 18.2 Å². The fourth-order valence-electron chi connectivity index (χ4n) is 7.84. The average Bonchev–Trinajstić information content (AvgIpc) is 3.74. The molecule has 1 aliphatic carbocycles. The molecule has 0 bridgehead atoms. The minimum absolute atomic E-state index is 0.606. The second-order valence-electron chi connectivity index (χ2n) is 13.2. The Bertz CT molecular complexity index is 3030. The number of fused-ring (bicyclic) bond motifs is 7. The Morgan fingerprint density at radius 2 is 0.961 bits per heavy atom. The van der Waals surface area contributed by atoms with E-state index in [4.69, 9.17) is 19.4 Å². The second kappa shape index (κ2) is 10.8. The van der Waals surface area contributed by atoms with Crippen molar-refractivity contribution in [2.45, 2.75) is 0 Å². The molecule has 0 radical (unpaired) electrons. The Morgan fingerprint density at radius 3 is 1.80 bits per heavy atom. The SMILES string of the molecule is c1ccc(-c2ccc3c(c2)oc2cccc(-c4nc(-c5ccc6c(c5)-c5cccc7cccc-6c57)nc(-c5ccc6ccccc6c5)n4)c23)cc1. The highest BCUT2D eigenvalue weighted by Crippen LogP contribution is 2.48. The van der Waals surface area contributed by atoms with Crippen LogP contribution in [0, 0.1) is 0 Å². The molecule has 0 fully saturated rings. The Hall–Kier alpha value is -6.91. The Labute approximate surface area is 293 Å². The molecule has 0 amide bonds. The van der Waals surface area contributed by atoms with Gasteiger partial charge in [-0.25, -0.2) is 15.0 Å². The van der Waals surface area contributed by atoms with Gasteiger partial charge in [0.15, 0.2) is 17.5 Å². The highest BCUT2D eigenvalue weighted by Gasteiger charge is 2.23. The fraction of sp³-hybridized carbons (Fsp3) is 0. The van der Waals surface area contributed by atoms with E-state index in [2.05, 4.69) is 146 Å². The van der Waals surface area contributed by atoms with Crippen LogP contribution in [-0.2, 0) is 0 Å². The summed E-state index contributed by atoms with van der Waals surface area (Å²) in [5.74, 6) is 1.86. The van der Waals surface area contributed by atoms with Crippen molar-refractivity contribution in [2.75, 3.05) is 0 Å². The first kappa shape index (κ1) is 28.0. The van der Waals surface area contributed by atoms with E-state index in [1.165, 1.54) is 38.4 Å². The van der Waals surface area contributed by atoms with Crippen molar-refractivity contribution in [1.29, 1.82) is 0 Å². The van der Waals surface area contributed by atoms with Crippen molar-refractivity contribution < 1.29 is 4.42 Å². The molecule has 0 saturated carbocycles. The fourth-order valence-corrected chi connectivity index (χ4v) is 7.84. The largest absolute Gasteiger partial charge is 0.456 e. The highest BCUT2D eigenvalue weighted by molar-refractivity contribution is 6.16. The van der Waals surface area contributed by atoms with Crippen molar-refractivity contribution in [1.82, 2.24) is 15.0 Å². The highest BCUT2D eigenvalue weighted by atomic mass is 16.3. The first-order valence-electron chi connectivity index (χ1n) is 17.2. The molecule has 4 nitrogen and oxygen atoms in total. The summed E-state index contributed by atoms with van der Waals surface area (Å²) >= 11 is 0. The summed E-state index contributed by atoms with van der Waals surface area (Å²) in [6.07, 6.45) is 0. The van der Waals surface area contributed by atoms with Gasteiger partial charge >= 0.3 is 0 Å². The summed E-state index contributed by atoms with van der Waals surface area (Å²) in [5, 5.41) is 6.88. The van der Waals surface area contributed by atoms with Crippen LogP contribution >= 0.6 is 0 Å². The third-order valence-electron chi connectivity index (χ3n) is 10.3. The second-order valence-corrected chi connectivity index (χ2v) is 13.2. The summed E-state index contributed by atoms with van der Waals surface area (Å²) in [7, 11) is 0. The normalized spacial score (nSPS) is 11.9. The molecule has 2 heterocycles. The number of benzene rings is 8. The van der Waals surface area contributed by atoms with E-state index < -0.39 is 0 Å². The minimum atomic E-state index is 0.606. The van der Waals surface area contributed by atoms with E-state index >= 15 is 0 Å².